The molecule has 3 amide bonds. The van der Waals surface area contributed by atoms with Crippen LogP contribution in [0.25, 0.3) is 22.3 Å². The highest BCUT2D eigenvalue weighted by molar-refractivity contribution is 6.06. The summed E-state index contributed by atoms with van der Waals surface area (Å²) in [5.74, 6) is 1.35. The van der Waals surface area contributed by atoms with Gasteiger partial charge in [-0.25, -0.2) is 14.2 Å². The van der Waals surface area contributed by atoms with Crippen LogP contribution in [-0.2, 0) is 4.79 Å². The Labute approximate surface area is 378 Å². The van der Waals surface area contributed by atoms with E-state index in [1.807, 2.05) is 24.3 Å². The smallest absolute Gasteiger partial charge is 0.328 e. The molecule has 7 aliphatic rings. The topological polar surface area (TPSA) is 152 Å². The number of pyridine rings is 1. The molecule has 0 radical (unpaired) electrons. The molecule has 3 aromatic heterocycles. The van der Waals surface area contributed by atoms with Gasteiger partial charge in [0.25, 0.3) is 0 Å². The van der Waals surface area contributed by atoms with Gasteiger partial charge in [-0.15, -0.1) is 10.2 Å². The fraction of sp³-hybridized carbons (Fsp3) is 0.500. The van der Waals surface area contributed by atoms with E-state index in [4.69, 9.17) is 10.7 Å². The maximum Gasteiger partial charge on any atom is 0.328 e. The molecule has 338 valence electrons. The number of aromatic hydroxyl groups is 1. The Morgan fingerprint density at radius 2 is 1.58 bits per heavy atom. The number of phenolic OH excluding ortho intramolecular Hbond substituents is 1. The molecule has 5 aromatic rings. The molecule has 14 nitrogen and oxygen atoms in total. The fourth-order valence-electron chi connectivity index (χ4n) is 12.5. The molecular formula is C50H58FN11O3. The molecule has 65 heavy (non-hydrogen) atoms. The summed E-state index contributed by atoms with van der Waals surface area (Å²) in [6.07, 6.45) is 16.0. The number of halogens is 1. The standard InChI is InChI=1S/C50H58FN11O3/c51-41-10-9-33(62-34-7-8-35(62)29-59(28-34)44-23-42(55-56-47(44)52)38-3-1-2-4-45(38)63)22-43(41)58-16-11-31(12-17-58)27-57-19-14-50(15-20-57)24-37(25-50)61-30-40(32-5-6-32)39-21-36(26-53-48(39)61)60-18-13-46(64)54-49(60)65/h1-4,9-10,21-23,26,30-32,34-35,37,63H,5-8,11-20,24-25,27-29H2,(H2,52,56)(H,54,64,65). The molecule has 15 heteroatoms. The number of carbonyl (C=O) groups excluding carboxylic acids is 2. The number of piperidine rings is 2. The number of rotatable bonds is 9. The Kier molecular flexibility index (Phi) is 9.91. The number of benzene rings is 2. The van der Waals surface area contributed by atoms with Crippen LogP contribution >= 0.6 is 0 Å². The Morgan fingerprint density at radius 3 is 2.32 bits per heavy atom. The minimum Gasteiger partial charge on any atom is -0.507 e. The van der Waals surface area contributed by atoms with Crippen molar-refractivity contribution < 1.29 is 19.1 Å². The Balaban J connectivity index is 0.645. The van der Waals surface area contributed by atoms with Crippen LogP contribution < -0.4 is 30.7 Å². The summed E-state index contributed by atoms with van der Waals surface area (Å²) in [5.41, 5.74) is 13.8. The first kappa shape index (κ1) is 40.5. The summed E-state index contributed by atoms with van der Waals surface area (Å²) in [6, 6.07) is 17.5. The molecule has 4 N–H and O–H groups in total. The summed E-state index contributed by atoms with van der Waals surface area (Å²) in [4.78, 5) is 40.8. The quantitative estimate of drug-likeness (QED) is 0.136. The molecule has 8 heterocycles. The first-order chi connectivity index (χ1) is 31.6. The third kappa shape index (κ3) is 7.39. The first-order valence-electron chi connectivity index (χ1n) is 24.0. The summed E-state index contributed by atoms with van der Waals surface area (Å²) in [6.45, 7) is 7.08. The largest absolute Gasteiger partial charge is 0.507 e. The molecule has 7 fully saturated rings. The van der Waals surface area contributed by atoms with Crippen LogP contribution in [0.15, 0.2) is 67.0 Å². The molecule has 2 aromatic carbocycles. The van der Waals surface area contributed by atoms with E-state index in [1.165, 1.54) is 44.1 Å². The zero-order valence-electron chi connectivity index (χ0n) is 36.9. The maximum atomic E-state index is 15.7. The highest BCUT2D eigenvalue weighted by atomic mass is 19.1. The van der Waals surface area contributed by atoms with E-state index in [1.54, 1.807) is 29.3 Å². The van der Waals surface area contributed by atoms with Crippen molar-refractivity contribution in [3.63, 3.8) is 0 Å². The van der Waals surface area contributed by atoms with Crippen LogP contribution in [0, 0.1) is 17.2 Å². The number of nitrogen functional groups attached to an aromatic ring is 1. The summed E-state index contributed by atoms with van der Waals surface area (Å²) < 4.78 is 18.1. The van der Waals surface area contributed by atoms with Gasteiger partial charge in [0.2, 0.25) is 5.91 Å². The number of likely N-dealkylation sites (tertiary alicyclic amines) is 1. The average Bonchev–Trinajstić information content (AvgIpc) is 4.03. The van der Waals surface area contributed by atoms with Crippen LogP contribution in [0.4, 0.5) is 37.8 Å². The van der Waals surface area contributed by atoms with Crippen LogP contribution in [-0.4, -0.2) is 106 Å². The molecule has 2 bridgehead atoms. The van der Waals surface area contributed by atoms with Crippen LogP contribution in [0.2, 0.25) is 0 Å². The van der Waals surface area contributed by atoms with Gasteiger partial charge in [0.1, 0.15) is 17.2 Å². The predicted molar refractivity (Wildman–Crippen MR) is 250 cm³/mol. The van der Waals surface area contributed by atoms with E-state index >= 15 is 4.39 Å². The number of fused-ring (bicyclic) bond motifs is 3. The van der Waals surface area contributed by atoms with Gasteiger partial charge in [-0.2, -0.15) is 0 Å². The summed E-state index contributed by atoms with van der Waals surface area (Å²) in [7, 11) is 0. The van der Waals surface area contributed by atoms with Gasteiger partial charge in [-0.3, -0.25) is 15.0 Å². The highest BCUT2D eigenvalue weighted by Crippen LogP contribution is 2.56. The second kappa shape index (κ2) is 15.9. The van der Waals surface area contributed by atoms with Crippen LogP contribution in [0.5, 0.6) is 5.75 Å². The molecule has 1 spiro atoms. The van der Waals surface area contributed by atoms with Gasteiger partial charge in [-0.1, -0.05) is 12.1 Å². The number of carbonyl (C=O) groups is 2. The van der Waals surface area contributed by atoms with E-state index in [-0.39, 0.29) is 35.6 Å². The Morgan fingerprint density at radius 1 is 0.815 bits per heavy atom. The zero-order valence-corrected chi connectivity index (χ0v) is 36.9. The average molecular weight is 880 g/mol. The van der Waals surface area contributed by atoms with Gasteiger partial charge in [0.05, 0.1) is 29.0 Å². The van der Waals surface area contributed by atoms with Gasteiger partial charge in [0.15, 0.2) is 5.82 Å². The van der Waals surface area contributed by atoms with Crippen molar-refractivity contribution in [1.82, 2.24) is 30.0 Å². The predicted octanol–water partition coefficient (Wildman–Crippen LogP) is 7.44. The number of imide groups is 1. The lowest BCUT2D eigenvalue weighted by atomic mass is 9.60. The molecule has 2 saturated carbocycles. The molecule has 2 aliphatic carbocycles. The van der Waals surface area contributed by atoms with Gasteiger partial charge in [-0.05, 0) is 143 Å². The second-order valence-corrected chi connectivity index (χ2v) is 20.2. The number of amides is 3. The van der Waals surface area contributed by atoms with E-state index in [9.17, 15) is 14.7 Å². The fourth-order valence-corrected chi connectivity index (χ4v) is 12.5. The number of hydrogen-bond acceptors (Lipinski definition) is 11. The van der Waals surface area contributed by atoms with Crippen molar-refractivity contribution >= 4 is 51.5 Å². The number of nitrogens with two attached hydrogens (primary N) is 1. The number of phenols is 1. The van der Waals surface area contributed by atoms with Crippen molar-refractivity contribution in [3.05, 3.63) is 78.4 Å². The van der Waals surface area contributed by atoms with Gasteiger partial charge in [0, 0.05) is 86.6 Å². The molecule has 5 saturated heterocycles. The summed E-state index contributed by atoms with van der Waals surface area (Å²) >= 11 is 0. The van der Waals surface area contributed by atoms with Crippen molar-refractivity contribution in [2.24, 2.45) is 11.3 Å². The second-order valence-electron chi connectivity index (χ2n) is 20.2. The SMILES string of the molecule is Nc1nnc(-c2ccccc2O)cc1N1CC2CCC(C1)N2c1ccc(F)c(N2CCC(CN3CCC4(CC3)CC(n3cc(C5CC5)c5cc(N6CCC(=O)NC6=O)cnc53)C4)CC2)c1. The van der Waals surface area contributed by atoms with Gasteiger partial charge < -0.3 is 35.0 Å². The first-order valence-corrected chi connectivity index (χ1v) is 24.0. The van der Waals surface area contributed by atoms with Crippen LogP contribution in [0.1, 0.15) is 88.2 Å². The number of para-hydroxylation sites is 1. The number of nitrogens with zero attached hydrogens (tertiary/aromatic N) is 9. The minimum atomic E-state index is -0.367. The number of urea groups is 1. The molecule has 12 rings (SSSR count). The Bertz CT molecular complexity index is 2650. The third-order valence-electron chi connectivity index (χ3n) is 16.2. The molecule has 5 aliphatic heterocycles. The monoisotopic (exact) mass is 879 g/mol. The number of nitrogens with one attached hydrogen (secondary N) is 1. The van der Waals surface area contributed by atoms with E-state index < -0.39 is 0 Å². The third-order valence-corrected chi connectivity index (χ3v) is 16.2. The Hall–Kier alpha value is -5.96. The minimum absolute atomic E-state index is 0.145. The molecule has 2 unspecified atom stereocenters. The highest BCUT2D eigenvalue weighted by Gasteiger charge is 2.48. The maximum absolute atomic E-state index is 15.7. The number of aromatic nitrogens is 4. The lowest BCUT2D eigenvalue weighted by molar-refractivity contribution is -0.120. The zero-order chi connectivity index (χ0) is 44.0. The van der Waals surface area contributed by atoms with Crippen molar-refractivity contribution in [2.45, 2.75) is 94.7 Å². The van der Waals surface area contributed by atoms with Gasteiger partial charge >= 0.3 is 6.03 Å². The van der Waals surface area contributed by atoms with E-state index in [0.29, 0.717) is 53.3 Å². The lowest BCUT2D eigenvalue weighted by Gasteiger charge is -2.53. The molecular weight excluding hydrogens is 822 g/mol. The number of piperazine rings is 1. The lowest BCUT2D eigenvalue weighted by Crippen LogP contribution is -2.54. The number of hydrogen-bond donors (Lipinski definition) is 3. The van der Waals surface area contributed by atoms with Crippen LogP contribution in [0.3, 0.4) is 0 Å². The van der Waals surface area contributed by atoms with Crippen molar-refractivity contribution in [1.29, 1.82) is 0 Å². The van der Waals surface area contributed by atoms with Crippen molar-refractivity contribution in [2.75, 3.05) is 77.7 Å². The van der Waals surface area contributed by atoms with E-state index in [2.05, 4.69) is 58.0 Å². The normalized spacial score (nSPS) is 24.0. The summed E-state index contributed by atoms with van der Waals surface area (Å²) in [5, 5.41) is 22.6. The van der Waals surface area contributed by atoms with Crippen molar-refractivity contribution in [3.8, 4) is 17.0 Å². The van der Waals surface area contributed by atoms with E-state index in [0.717, 1.165) is 105 Å². The molecule has 2 atom stereocenters. The number of anilines is 5.